The monoisotopic (exact) mass is 222 g/mol. The van der Waals surface area contributed by atoms with Gasteiger partial charge >= 0.3 is 7.82 Å². The Balaban J connectivity index is 2.70. The SMILES string of the molecule is O=P(O)(O)OC(Cl)c1ccccc1. The van der Waals surface area contributed by atoms with Gasteiger partial charge in [-0.15, -0.1) is 0 Å². The van der Waals surface area contributed by atoms with Crippen LogP contribution in [0.25, 0.3) is 0 Å². The van der Waals surface area contributed by atoms with Crippen molar-refractivity contribution in [1.29, 1.82) is 0 Å². The highest BCUT2D eigenvalue weighted by Gasteiger charge is 2.21. The fourth-order valence-electron chi connectivity index (χ4n) is 0.786. The lowest BCUT2D eigenvalue weighted by Crippen LogP contribution is -1.94. The van der Waals surface area contributed by atoms with Crippen LogP contribution in [0.4, 0.5) is 0 Å². The van der Waals surface area contributed by atoms with Crippen LogP contribution in [-0.2, 0) is 9.09 Å². The molecule has 0 fully saturated rings. The average Bonchev–Trinajstić information content (AvgIpc) is 2.03. The van der Waals surface area contributed by atoms with Crippen LogP contribution >= 0.6 is 19.4 Å². The number of phosphoric acid groups is 1. The van der Waals surface area contributed by atoms with Crippen molar-refractivity contribution in [3.8, 4) is 0 Å². The summed E-state index contributed by atoms with van der Waals surface area (Å²) < 4.78 is 14.7. The molecule has 0 saturated carbocycles. The van der Waals surface area contributed by atoms with Gasteiger partial charge < -0.3 is 9.79 Å². The Labute approximate surface area is 80.4 Å². The van der Waals surface area contributed by atoms with E-state index in [4.69, 9.17) is 21.4 Å². The summed E-state index contributed by atoms with van der Waals surface area (Å²) in [6.45, 7) is 0. The number of rotatable bonds is 3. The Hall–Kier alpha value is -0.380. The van der Waals surface area contributed by atoms with Crippen LogP contribution in [0.5, 0.6) is 0 Å². The van der Waals surface area contributed by atoms with Crippen molar-refractivity contribution in [2.75, 3.05) is 0 Å². The van der Waals surface area contributed by atoms with Gasteiger partial charge in [-0.3, -0.25) is 4.52 Å². The summed E-state index contributed by atoms with van der Waals surface area (Å²) in [5, 5.41) is 0. The molecular weight excluding hydrogens is 214 g/mol. The van der Waals surface area contributed by atoms with Crippen molar-refractivity contribution in [2.24, 2.45) is 0 Å². The molecule has 1 rings (SSSR count). The van der Waals surface area contributed by atoms with E-state index < -0.39 is 13.4 Å². The summed E-state index contributed by atoms with van der Waals surface area (Å²) in [4.78, 5) is 16.9. The molecule has 72 valence electrons. The van der Waals surface area contributed by atoms with E-state index in [9.17, 15) is 4.57 Å². The Morgan fingerprint density at radius 3 is 2.31 bits per heavy atom. The van der Waals surface area contributed by atoms with Crippen LogP contribution in [-0.4, -0.2) is 9.79 Å². The van der Waals surface area contributed by atoms with Crippen LogP contribution in [0.3, 0.4) is 0 Å². The van der Waals surface area contributed by atoms with E-state index in [1.165, 1.54) is 0 Å². The first-order valence-electron chi connectivity index (χ1n) is 3.42. The van der Waals surface area contributed by atoms with Crippen LogP contribution in [0.1, 0.15) is 11.1 Å². The first kappa shape index (κ1) is 10.7. The maximum Gasteiger partial charge on any atom is 0.471 e. The second-order valence-electron chi connectivity index (χ2n) is 2.32. The van der Waals surface area contributed by atoms with Gasteiger partial charge in [0, 0.05) is 0 Å². The van der Waals surface area contributed by atoms with Crippen LogP contribution in [0.2, 0.25) is 0 Å². The predicted octanol–water partition coefficient (Wildman–Crippen LogP) is 2.03. The molecule has 0 aromatic heterocycles. The van der Waals surface area contributed by atoms with Gasteiger partial charge in [-0.25, -0.2) is 4.57 Å². The molecule has 0 saturated heterocycles. The molecule has 0 aliphatic rings. The highest BCUT2D eigenvalue weighted by Crippen LogP contribution is 2.43. The smallest absolute Gasteiger partial charge is 0.303 e. The van der Waals surface area contributed by atoms with Crippen LogP contribution in [0.15, 0.2) is 30.3 Å². The van der Waals surface area contributed by atoms with Crippen molar-refractivity contribution >= 4 is 19.4 Å². The van der Waals surface area contributed by atoms with Crippen LogP contribution < -0.4 is 0 Å². The molecule has 0 heterocycles. The molecule has 0 amide bonds. The molecule has 4 nitrogen and oxygen atoms in total. The number of halogens is 1. The second kappa shape index (κ2) is 4.22. The molecule has 1 atom stereocenters. The Bertz CT molecular complexity index is 310. The van der Waals surface area contributed by atoms with E-state index in [2.05, 4.69) is 4.52 Å². The minimum atomic E-state index is -4.52. The lowest BCUT2D eigenvalue weighted by Gasteiger charge is -2.11. The minimum Gasteiger partial charge on any atom is -0.303 e. The van der Waals surface area contributed by atoms with E-state index >= 15 is 0 Å². The molecule has 1 aromatic carbocycles. The van der Waals surface area contributed by atoms with Gasteiger partial charge in [0.15, 0.2) is 5.56 Å². The summed E-state index contributed by atoms with van der Waals surface area (Å²) in [6.07, 6.45) is 0. The number of hydrogen-bond acceptors (Lipinski definition) is 2. The third kappa shape index (κ3) is 3.89. The van der Waals surface area contributed by atoms with Crippen molar-refractivity contribution in [2.45, 2.75) is 5.56 Å². The fourth-order valence-corrected chi connectivity index (χ4v) is 1.61. The molecule has 2 N–H and O–H groups in total. The van der Waals surface area contributed by atoms with Gasteiger partial charge in [-0.1, -0.05) is 41.9 Å². The molecule has 1 unspecified atom stereocenters. The number of hydrogen-bond donors (Lipinski definition) is 2. The molecule has 0 spiro atoms. The topological polar surface area (TPSA) is 66.8 Å². The Kier molecular flexibility index (Phi) is 3.47. The summed E-state index contributed by atoms with van der Waals surface area (Å²) in [5.41, 5.74) is -0.616. The first-order chi connectivity index (χ1) is 5.99. The van der Waals surface area contributed by atoms with Crippen molar-refractivity contribution < 1.29 is 18.9 Å². The van der Waals surface area contributed by atoms with Crippen LogP contribution in [0, 0.1) is 0 Å². The molecule has 0 radical (unpaired) electrons. The van der Waals surface area contributed by atoms with Gasteiger partial charge in [0.1, 0.15) is 0 Å². The third-order valence-electron chi connectivity index (χ3n) is 1.29. The number of phosphoric ester groups is 1. The molecule has 13 heavy (non-hydrogen) atoms. The van der Waals surface area contributed by atoms with Gasteiger partial charge in [-0.2, -0.15) is 0 Å². The standard InChI is InChI=1S/C7H8ClO4P/c8-7(12-13(9,10)11)6-4-2-1-3-5-6/h1-5,7H,(H2,9,10,11). The first-order valence-corrected chi connectivity index (χ1v) is 5.39. The largest absolute Gasteiger partial charge is 0.471 e. The zero-order valence-corrected chi connectivity index (χ0v) is 8.15. The number of benzene rings is 1. The quantitative estimate of drug-likeness (QED) is 0.607. The molecule has 0 aliphatic heterocycles. The normalized spacial score (nSPS) is 14.1. The Morgan fingerprint density at radius 2 is 1.85 bits per heavy atom. The molecular formula is C7H8ClO4P. The Morgan fingerprint density at radius 1 is 1.31 bits per heavy atom. The third-order valence-corrected chi connectivity index (χ3v) is 2.24. The van der Waals surface area contributed by atoms with Crippen molar-refractivity contribution in [3.63, 3.8) is 0 Å². The zero-order chi connectivity index (χ0) is 9.90. The summed E-state index contributed by atoms with van der Waals surface area (Å²) in [7, 11) is -4.52. The lowest BCUT2D eigenvalue weighted by molar-refractivity contribution is 0.180. The molecule has 0 bridgehead atoms. The van der Waals surface area contributed by atoms with E-state index in [1.54, 1.807) is 30.3 Å². The maximum absolute atomic E-state index is 10.4. The van der Waals surface area contributed by atoms with Gasteiger partial charge in [0.05, 0.1) is 0 Å². The van der Waals surface area contributed by atoms with E-state index in [1.807, 2.05) is 0 Å². The summed E-state index contributed by atoms with van der Waals surface area (Å²) in [6, 6.07) is 8.41. The minimum absolute atomic E-state index is 0.507. The summed E-state index contributed by atoms with van der Waals surface area (Å²) in [5.74, 6) is 0. The fraction of sp³-hybridized carbons (Fsp3) is 0.143. The van der Waals surface area contributed by atoms with Gasteiger partial charge in [0.2, 0.25) is 0 Å². The predicted molar refractivity (Wildman–Crippen MR) is 48.2 cm³/mol. The summed E-state index contributed by atoms with van der Waals surface area (Å²) >= 11 is 5.58. The van der Waals surface area contributed by atoms with Crippen molar-refractivity contribution in [3.05, 3.63) is 35.9 Å². The van der Waals surface area contributed by atoms with E-state index in [-0.39, 0.29) is 0 Å². The number of alkyl halides is 1. The second-order valence-corrected chi connectivity index (χ2v) is 3.91. The lowest BCUT2D eigenvalue weighted by atomic mass is 10.2. The van der Waals surface area contributed by atoms with Gasteiger partial charge in [-0.05, 0) is 5.56 Å². The van der Waals surface area contributed by atoms with E-state index in [0.717, 1.165) is 0 Å². The highest BCUT2D eigenvalue weighted by molar-refractivity contribution is 7.46. The zero-order valence-electron chi connectivity index (χ0n) is 6.50. The molecule has 0 aliphatic carbocycles. The average molecular weight is 223 g/mol. The van der Waals surface area contributed by atoms with E-state index in [0.29, 0.717) is 5.56 Å². The molecule has 6 heteroatoms. The highest BCUT2D eigenvalue weighted by atomic mass is 35.5. The molecule has 1 aromatic rings. The van der Waals surface area contributed by atoms with Gasteiger partial charge in [0.25, 0.3) is 0 Å². The van der Waals surface area contributed by atoms with Crippen molar-refractivity contribution in [1.82, 2.24) is 0 Å². The maximum atomic E-state index is 10.4.